The minimum atomic E-state index is -4.45. The average Bonchev–Trinajstić information content (AvgIpc) is 2.76. The van der Waals surface area contributed by atoms with E-state index in [1.54, 1.807) is 13.2 Å². The van der Waals surface area contributed by atoms with E-state index in [-0.39, 0.29) is 16.6 Å². The Labute approximate surface area is 186 Å². The Balaban J connectivity index is 1.49. The lowest BCUT2D eigenvalue weighted by atomic mass is 9.48. The summed E-state index contributed by atoms with van der Waals surface area (Å²) in [6.45, 7) is 0. The molecule has 2 nitrogen and oxygen atoms in total. The van der Waals surface area contributed by atoms with Crippen LogP contribution in [-0.4, -0.2) is 13.4 Å². The Morgan fingerprint density at radius 3 is 2.22 bits per heavy atom. The van der Waals surface area contributed by atoms with Gasteiger partial charge < -0.3 is 4.74 Å². The van der Waals surface area contributed by atoms with E-state index >= 15 is 0 Å². The van der Waals surface area contributed by atoms with Crippen molar-refractivity contribution in [3.05, 3.63) is 64.7 Å². The zero-order valence-electron chi connectivity index (χ0n) is 18.1. The molecule has 2 aromatic rings. The molecule has 0 heterocycles. The molecular formula is C27H27F3O2. The second-order valence-corrected chi connectivity index (χ2v) is 9.95. The number of rotatable bonds is 5. The smallest absolute Gasteiger partial charge is 0.416 e. The molecule has 0 atom stereocenters. The summed E-state index contributed by atoms with van der Waals surface area (Å²) in [4.78, 5) is 11.7. The molecule has 4 aliphatic carbocycles. The first-order valence-electron chi connectivity index (χ1n) is 11.3. The number of carbonyl (C=O) groups is 1. The summed E-state index contributed by atoms with van der Waals surface area (Å²) in [5, 5.41) is 0. The van der Waals surface area contributed by atoms with E-state index in [4.69, 9.17) is 4.74 Å². The Morgan fingerprint density at radius 2 is 1.66 bits per heavy atom. The predicted octanol–water partition coefficient (Wildman–Crippen LogP) is 6.92. The van der Waals surface area contributed by atoms with Gasteiger partial charge in [-0.25, -0.2) is 0 Å². The Kier molecular flexibility index (Phi) is 5.18. The Hall–Kier alpha value is -2.56. The van der Waals surface area contributed by atoms with Crippen molar-refractivity contribution in [3.63, 3.8) is 0 Å². The number of methoxy groups -OCH3 is 1. The predicted molar refractivity (Wildman–Crippen MR) is 118 cm³/mol. The molecule has 4 bridgehead atoms. The first-order chi connectivity index (χ1) is 15.3. The van der Waals surface area contributed by atoms with Gasteiger partial charge in [-0.05, 0) is 97.1 Å². The first-order valence-corrected chi connectivity index (χ1v) is 11.3. The SMILES string of the molecule is COc1cc(C=C(C=O)c2cccc(C(F)(F)F)c2)ccc1C12CC3CC(CC(C3)C1)C2. The van der Waals surface area contributed by atoms with Crippen LogP contribution in [0.5, 0.6) is 5.75 Å². The number of ether oxygens (including phenoxy) is 1. The lowest BCUT2D eigenvalue weighted by molar-refractivity contribution is -0.137. The van der Waals surface area contributed by atoms with Gasteiger partial charge >= 0.3 is 6.18 Å². The maximum atomic E-state index is 13.1. The minimum Gasteiger partial charge on any atom is -0.496 e. The van der Waals surface area contributed by atoms with E-state index < -0.39 is 11.7 Å². The second-order valence-electron chi connectivity index (χ2n) is 9.95. The molecule has 0 spiro atoms. The standard InChI is InChI=1S/C27H27F3O2/c1-32-25-11-17(10-22(16-31)21-3-2-4-23(12-21)27(28,29)30)5-6-24(25)26-13-18-7-19(14-26)9-20(8-18)15-26/h2-6,10-12,16,18-20H,7-9,13-15H2,1H3. The van der Waals surface area contributed by atoms with Crippen LogP contribution in [0.2, 0.25) is 0 Å². The van der Waals surface area contributed by atoms with Gasteiger partial charge in [0.25, 0.3) is 0 Å². The van der Waals surface area contributed by atoms with Gasteiger partial charge in [0.15, 0.2) is 6.29 Å². The van der Waals surface area contributed by atoms with Crippen LogP contribution < -0.4 is 4.74 Å². The van der Waals surface area contributed by atoms with Crippen LogP contribution in [0, 0.1) is 17.8 Å². The fourth-order valence-corrected chi connectivity index (χ4v) is 6.92. The van der Waals surface area contributed by atoms with Gasteiger partial charge in [-0.1, -0.05) is 24.3 Å². The zero-order chi connectivity index (χ0) is 22.5. The molecule has 5 heteroatoms. The summed E-state index contributed by atoms with van der Waals surface area (Å²) in [6.07, 6.45) is 5.53. The Bertz CT molecular complexity index is 1030. The van der Waals surface area contributed by atoms with Crippen molar-refractivity contribution < 1.29 is 22.7 Å². The van der Waals surface area contributed by atoms with E-state index in [1.807, 2.05) is 12.1 Å². The molecule has 0 radical (unpaired) electrons. The van der Waals surface area contributed by atoms with Crippen molar-refractivity contribution in [2.24, 2.45) is 17.8 Å². The lowest BCUT2D eigenvalue weighted by Gasteiger charge is -2.57. The highest BCUT2D eigenvalue weighted by Crippen LogP contribution is 2.61. The highest BCUT2D eigenvalue weighted by atomic mass is 19.4. The summed E-state index contributed by atoms with van der Waals surface area (Å²) in [5.41, 5.74) is 1.87. The van der Waals surface area contributed by atoms with Gasteiger partial charge in [-0.15, -0.1) is 0 Å². The van der Waals surface area contributed by atoms with Crippen LogP contribution in [-0.2, 0) is 16.4 Å². The molecule has 168 valence electrons. The highest BCUT2D eigenvalue weighted by Gasteiger charge is 2.52. The topological polar surface area (TPSA) is 26.3 Å². The summed E-state index contributed by atoms with van der Waals surface area (Å²) in [6, 6.07) is 10.9. The van der Waals surface area contributed by atoms with E-state index in [0.29, 0.717) is 6.29 Å². The molecule has 32 heavy (non-hydrogen) atoms. The summed E-state index contributed by atoms with van der Waals surface area (Å²) < 4.78 is 45.1. The van der Waals surface area contributed by atoms with Crippen LogP contribution in [0.1, 0.15) is 60.8 Å². The molecule has 2 aromatic carbocycles. The lowest BCUT2D eigenvalue weighted by Crippen LogP contribution is -2.48. The van der Waals surface area contributed by atoms with Crippen LogP contribution >= 0.6 is 0 Å². The Morgan fingerprint density at radius 1 is 1.00 bits per heavy atom. The zero-order valence-corrected chi connectivity index (χ0v) is 18.1. The van der Waals surface area contributed by atoms with Crippen molar-refractivity contribution in [3.8, 4) is 5.75 Å². The number of hydrogen-bond acceptors (Lipinski definition) is 2. The summed E-state index contributed by atoms with van der Waals surface area (Å²) in [7, 11) is 1.67. The largest absolute Gasteiger partial charge is 0.496 e. The van der Waals surface area contributed by atoms with E-state index in [9.17, 15) is 18.0 Å². The second kappa shape index (κ2) is 7.79. The third-order valence-electron chi connectivity index (χ3n) is 7.81. The summed E-state index contributed by atoms with van der Waals surface area (Å²) in [5.74, 6) is 3.25. The maximum Gasteiger partial charge on any atom is 0.416 e. The van der Waals surface area contributed by atoms with Crippen molar-refractivity contribution in [1.82, 2.24) is 0 Å². The molecule has 6 rings (SSSR count). The van der Waals surface area contributed by atoms with Gasteiger partial charge in [0, 0.05) is 11.1 Å². The normalized spacial score (nSPS) is 29.2. The molecule has 0 N–H and O–H groups in total. The molecule has 0 saturated heterocycles. The van der Waals surface area contributed by atoms with Crippen LogP contribution in [0.3, 0.4) is 0 Å². The van der Waals surface area contributed by atoms with Crippen molar-refractivity contribution >= 4 is 17.9 Å². The maximum absolute atomic E-state index is 13.1. The van der Waals surface area contributed by atoms with Gasteiger partial charge in [-0.2, -0.15) is 13.2 Å². The number of halogens is 3. The van der Waals surface area contributed by atoms with E-state index in [2.05, 4.69) is 6.07 Å². The monoisotopic (exact) mass is 440 g/mol. The average molecular weight is 441 g/mol. The van der Waals surface area contributed by atoms with Crippen molar-refractivity contribution in [2.45, 2.75) is 50.1 Å². The quantitative estimate of drug-likeness (QED) is 0.287. The molecule has 4 aliphatic rings. The molecule has 0 aliphatic heterocycles. The number of aldehydes is 1. The highest BCUT2D eigenvalue weighted by molar-refractivity contribution is 6.13. The van der Waals surface area contributed by atoms with Gasteiger partial charge in [0.1, 0.15) is 5.75 Å². The van der Waals surface area contributed by atoms with Gasteiger partial charge in [0.2, 0.25) is 0 Å². The molecule has 0 unspecified atom stereocenters. The van der Waals surface area contributed by atoms with Crippen LogP contribution in [0.4, 0.5) is 13.2 Å². The number of alkyl halides is 3. The van der Waals surface area contributed by atoms with Gasteiger partial charge in [0.05, 0.1) is 12.7 Å². The van der Waals surface area contributed by atoms with Crippen molar-refractivity contribution in [2.75, 3.05) is 7.11 Å². The summed E-state index contributed by atoms with van der Waals surface area (Å²) >= 11 is 0. The molecule has 0 amide bonds. The number of hydrogen-bond donors (Lipinski definition) is 0. The molecule has 4 fully saturated rings. The van der Waals surface area contributed by atoms with Crippen LogP contribution in [0.15, 0.2) is 42.5 Å². The van der Waals surface area contributed by atoms with Crippen molar-refractivity contribution in [1.29, 1.82) is 0 Å². The van der Waals surface area contributed by atoms with E-state index in [0.717, 1.165) is 41.2 Å². The fourth-order valence-electron chi connectivity index (χ4n) is 6.92. The van der Waals surface area contributed by atoms with E-state index in [1.165, 1.54) is 56.2 Å². The minimum absolute atomic E-state index is 0.177. The molecular weight excluding hydrogens is 413 g/mol. The van der Waals surface area contributed by atoms with Crippen LogP contribution in [0.25, 0.3) is 11.6 Å². The number of allylic oxidation sites excluding steroid dienone is 1. The van der Waals surface area contributed by atoms with Gasteiger partial charge in [-0.3, -0.25) is 4.79 Å². The number of carbonyl (C=O) groups excluding carboxylic acids is 1. The fraction of sp³-hybridized carbons (Fsp3) is 0.444. The molecule has 4 saturated carbocycles. The first kappa shape index (κ1) is 21.3. The molecule has 0 aromatic heterocycles. The third kappa shape index (κ3) is 3.76. The third-order valence-corrected chi connectivity index (χ3v) is 7.81. The number of benzene rings is 2.